The molecule has 15 atom stereocenters. The number of amides is 1. The van der Waals surface area contributed by atoms with Gasteiger partial charge in [0.25, 0.3) is 11.7 Å². The van der Waals surface area contributed by atoms with Crippen molar-refractivity contribution in [1.82, 2.24) is 4.90 Å². The van der Waals surface area contributed by atoms with Gasteiger partial charge in [0.15, 0.2) is 5.78 Å². The standard InChI is InChI=1S/C51H81NO11/c1-31-16-12-11-13-17-33(3)44(60-9)30-40-22-20-38(8)51(59,63-40)48(56)49(57)52-25-15-14-18-41(52)50(58)62-43(35(5)29-39-21-23-42(53)34(4)28-39)24-19-32(2)27-37(7)46(55)47(61-10)45(54)36(6)26-31/h11-13,16-17,27,31-32,34-36,38-44,46-47,53,55,59H,14-15,18-26,28-30H2,1-10H3/b13-11?,16-12+,33-17?,37-27+/t31-,32+,34-,35-,36-,38-,39+,40+,41+,42-,43+,44+,46-,47+,51-/m1/s1. The molecule has 2 saturated heterocycles. The molecule has 0 aromatic heterocycles. The molecule has 1 saturated carbocycles. The Morgan fingerprint density at radius 3 is 2.24 bits per heavy atom. The molecule has 1 amide bonds. The van der Waals surface area contributed by atoms with Crippen LogP contribution in [0.4, 0.5) is 0 Å². The van der Waals surface area contributed by atoms with Crippen molar-refractivity contribution < 1.29 is 53.4 Å². The van der Waals surface area contributed by atoms with Gasteiger partial charge in [-0.05, 0) is 132 Å². The van der Waals surface area contributed by atoms with Gasteiger partial charge in [0, 0.05) is 39.0 Å². The minimum Gasteiger partial charge on any atom is -0.461 e. The Bertz CT molecular complexity index is 1650. The Morgan fingerprint density at radius 2 is 1.56 bits per heavy atom. The van der Waals surface area contributed by atoms with Gasteiger partial charge in [0.05, 0.1) is 18.3 Å². The first-order chi connectivity index (χ1) is 29.8. The fraction of sp³-hybridized carbons (Fsp3) is 0.765. The molecule has 4 rings (SSSR count). The van der Waals surface area contributed by atoms with Crippen LogP contribution in [0, 0.1) is 41.4 Å². The SMILES string of the molecule is CO[C@H]1C[C@@H]2CC[C@@H](C)[C@@](O)(O2)C(=O)C(=O)N2CCCC[C@H]2C(=O)O[C@H]([C@H](C)C[C@H]2CC[C@@H](O)[C@H](C)C2)CC[C@H](C)/C=C(\C)[C@@H](O)[C@@H](OC)C(=O)[C@H](C)C[C@H](C)/C=C/C=CC=C1C. The van der Waals surface area contributed by atoms with Crippen molar-refractivity contribution in [2.45, 2.75) is 187 Å². The number of esters is 1. The van der Waals surface area contributed by atoms with Crippen LogP contribution in [0.1, 0.15) is 139 Å². The van der Waals surface area contributed by atoms with Gasteiger partial charge in [-0.15, -0.1) is 0 Å². The van der Waals surface area contributed by atoms with Crippen LogP contribution in [0.5, 0.6) is 0 Å². The highest BCUT2D eigenvalue weighted by molar-refractivity contribution is 6.39. The fourth-order valence-corrected chi connectivity index (χ4v) is 10.3. The number of nitrogens with zero attached hydrogens (tertiary/aromatic N) is 1. The highest BCUT2D eigenvalue weighted by Crippen LogP contribution is 2.38. The number of allylic oxidation sites excluding steroid dienone is 6. The van der Waals surface area contributed by atoms with Crippen molar-refractivity contribution in [3.8, 4) is 0 Å². The topological polar surface area (TPSA) is 169 Å². The van der Waals surface area contributed by atoms with Crippen LogP contribution in [-0.2, 0) is 38.1 Å². The zero-order valence-corrected chi connectivity index (χ0v) is 40.0. The molecule has 0 aromatic carbocycles. The van der Waals surface area contributed by atoms with Crippen molar-refractivity contribution in [3.05, 3.63) is 47.6 Å². The summed E-state index contributed by atoms with van der Waals surface area (Å²) in [4.78, 5) is 57.7. The zero-order valence-electron chi connectivity index (χ0n) is 40.0. The van der Waals surface area contributed by atoms with Gasteiger partial charge in [-0.1, -0.05) is 78.0 Å². The van der Waals surface area contributed by atoms with Gasteiger partial charge in [0.2, 0.25) is 5.79 Å². The number of carbonyl (C=O) groups excluding carboxylic acids is 4. The van der Waals surface area contributed by atoms with Crippen LogP contribution in [0.15, 0.2) is 47.6 Å². The van der Waals surface area contributed by atoms with E-state index in [4.69, 9.17) is 18.9 Å². The number of fused-ring (bicyclic) bond motifs is 3. The van der Waals surface area contributed by atoms with Gasteiger partial charge in [-0.2, -0.15) is 0 Å². The van der Waals surface area contributed by atoms with Crippen LogP contribution < -0.4 is 0 Å². The molecular formula is C51H81NO11. The maximum absolute atomic E-state index is 14.3. The zero-order chi connectivity index (χ0) is 46.6. The number of methoxy groups -OCH3 is 2. The van der Waals surface area contributed by atoms with E-state index < -0.39 is 59.8 Å². The second kappa shape index (κ2) is 24.5. The van der Waals surface area contributed by atoms with Crippen LogP contribution >= 0.6 is 0 Å². The molecule has 0 aromatic rings. The van der Waals surface area contributed by atoms with Gasteiger partial charge < -0.3 is 39.2 Å². The molecular weight excluding hydrogens is 803 g/mol. The van der Waals surface area contributed by atoms with E-state index in [2.05, 4.69) is 13.8 Å². The Hall–Kier alpha value is -3.00. The average molecular weight is 884 g/mol. The van der Waals surface area contributed by atoms with Crippen molar-refractivity contribution >= 4 is 23.4 Å². The first-order valence-electron chi connectivity index (χ1n) is 23.9. The van der Waals surface area contributed by atoms with Crippen molar-refractivity contribution in [3.63, 3.8) is 0 Å². The normalized spacial score (nSPS) is 40.0. The molecule has 0 radical (unpaired) electrons. The highest BCUT2D eigenvalue weighted by Gasteiger charge is 2.53. The van der Waals surface area contributed by atoms with Gasteiger partial charge >= 0.3 is 5.97 Å². The lowest BCUT2D eigenvalue weighted by Gasteiger charge is -2.42. The summed E-state index contributed by atoms with van der Waals surface area (Å²) in [6.45, 7) is 15.7. The summed E-state index contributed by atoms with van der Waals surface area (Å²) >= 11 is 0. The number of piperidine rings is 1. The van der Waals surface area contributed by atoms with E-state index >= 15 is 0 Å². The van der Waals surface area contributed by atoms with E-state index in [-0.39, 0.29) is 54.1 Å². The third kappa shape index (κ3) is 14.2. The minimum atomic E-state index is -2.37. The average Bonchev–Trinajstić information content (AvgIpc) is 3.25. The molecule has 3 heterocycles. The van der Waals surface area contributed by atoms with E-state index in [0.717, 1.165) is 31.3 Å². The second-order valence-electron chi connectivity index (χ2n) is 19.9. The third-order valence-corrected chi connectivity index (χ3v) is 14.6. The summed E-state index contributed by atoms with van der Waals surface area (Å²) < 4.78 is 24.1. The molecule has 3 N–H and O–H groups in total. The molecule has 356 valence electrons. The predicted molar refractivity (Wildman–Crippen MR) is 243 cm³/mol. The van der Waals surface area contributed by atoms with Crippen molar-refractivity contribution in [2.75, 3.05) is 20.8 Å². The first kappa shape index (κ1) is 52.6. The van der Waals surface area contributed by atoms with E-state index in [1.54, 1.807) is 21.0 Å². The molecule has 63 heavy (non-hydrogen) atoms. The summed E-state index contributed by atoms with van der Waals surface area (Å²) in [5.41, 5.74) is 1.53. The number of ketones is 2. The lowest BCUT2D eigenvalue weighted by molar-refractivity contribution is -0.265. The Morgan fingerprint density at radius 1 is 0.825 bits per heavy atom. The van der Waals surface area contributed by atoms with Gasteiger partial charge in [-0.3, -0.25) is 14.4 Å². The maximum atomic E-state index is 14.3. The summed E-state index contributed by atoms with van der Waals surface area (Å²) in [5.74, 6) is -5.62. The quantitative estimate of drug-likeness (QED) is 0.141. The van der Waals surface area contributed by atoms with E-state index in [1.165, 1.54) is 12.0 Å². The van der Waals surface area contributed by atoms with E-state index in [1.807, 2.05) is 64.2 Å². The van der Waals surface area contributed by atoms with E-state index in [0.29, 0.717) is 69.3 Å². The van der Waals surface area contributed by atoms with Crippen LogP contribution in [-0.4, -0.2) is 113 Å². The van der Waals surface area contributed by atoms with Gasteiger partial charge in [0.1, 0.15) is 24.4 Å². The number of hydrogen-bond donors (Lipinski definition) is 3. The molecule has 12 heteroatoms. The molecule has 3 fully saturated rings. The predicted octanol–water partition coefficient (Wildman–Crippen LogP) is 7.62. The molecule has 12 nitrogen and oxygen atoms in total. The lowest BCUT2D eigenvalue weighted by Crippen LogP contribution is -2.61. The Labute approximate surface area is 377 Å². The summed E-state index contributed by atoms with van der Waals surface area (Å²) in [7, 11) is 3.05. The third-order valence-electron chi connectivity index (χ3n) is 14.6. The maximum Gasteiger partial charge on any atom is 0.329 e. The number of cyclic esters (lactones) is 1. The van der Waals surface area contributed by atoms with Gasteiger partial charge in [-0.25, -0.2) is 4.79 Å². The van der Waals surface area contributed by atoms with Crippen LogP contribution in [0.25, 0.3) is 0 Å². The van der Waals surface area contributed by atoms with Crippen LogP contribution in [0.2, 0.25) is 0 Å². The first-order valence-corrected chi connectivity index (χ1v) is 23.9. The number of aliphatic hydroxyl groups is 3. The molecule has 4 aliphatic rings. The Kier molecular flexibility index (Phi) is 20.5. The minimum absolute atomic E-state index is 0.0446. The number of Topliss-reactive ketones (excluding diaryl/α,β-unsaturated/α-hetero) is 2. The highest BCUT2D eigenvalue weighted by atomic mass is 16.6. The molecule has 0 unspecified atom stereocenters. The van der Waals surface area contributed by atoms with Crippen molar-refractivity contribution in [2.24, 2.45) is 41.4 Å². The smallest absolute Gasteiger partial charge is 0.329 e. The molecule has 3 aliphatic heterocycles. The largest absolute Gasteiger partial charge is 0.461 e. The second-order valence-corrected chi connectivity index (χ2v) is 19.9. The fourth-order valence-electron chi connectivity index (χ4n) is 10.3. The molecule has 1 aliphatic carbocycles. The van der Waals surface area contributed by atoms with E-state index in [9.17, 15) is 34.5 Å². The Balaban J connectivity index is 1.67. The molecule has 2 bridgehead atoms. The number of aliphatic hydroxyl groups excluding tert-OH is 2. The number of rotatable bonds is 5. The number of ether oxygens (including phenoxy) is 4. The monoisotopic (exact) mass is 884 g/mol. The van der Waals surface area contributed by atoms with Crippen LogP contribution in [0.3, 0.4) is 0 Å². The summed E-state index contributed by atoms with van der Waals surface area (Å²) in [6.07, 6.45) is 15.7. The summed E-state index contributed by atoms with van der Waals surface area (Å²) in [6, 6.07) is -0.999. The number of carbonyl (C=O) groups is 4. The van der Waals surface area contributed by atoms with Crippen molar-refractivity contribution in [1.29, 1.82) is 0 Å². The number of hydrogen-bond acceptors (Lipinski definition) is 11. The lowest BCUT2D eigenvalue weighted by atomic mass is 9.75. The summed E-state index contributed by atoms with van der Waals surface area (Å²) in [5, 5.41) is 33.8. The molecule has 0 spiro atoms.